The van der Waals surface area contributed by atoms with Crippen molar-refractivity contribution in [1.82, 2.24) is 0 Å². The van der Waals surface area contributed by atoms with E-state index in [1.807, 2.05) is 6.92 Å². The molecule has 0 aromatic heterocycles. The van der Waals surface area contributed by atoms with Gasteiger partial charge in [0.15, 0.2) is 0 Å². The zero-order valence-corrected chi connectivity index (χ0v) is 7.09. The summed E-state index contributed by atoms with van der Waals surface area (Å²) >= 11 is 3.46. The first kappa shape index (κ1) is 9.11. The van der Waals surface area contributed by atoms with Crippen molar-refractivity contribution in [1.29, 1.82) is 0 Å². The molecule has 0 saturated carbocycles. The van der Waals surface area contributed by atoms with Gasteiger partial charge in [0.2, 0.25) is 5.37 Å². The molecule has 0 spiro atoms. The summed E-state index contributed by atoms with van der Waals surface area (Å²) in [6.45, 7) is 1.92. The normalized spacial score (nSPS) is 15.9. The number of isothiocyanates is 1. The Bertz CT molecular complexity index is 120. The van der Waals surface area contributed by atoms with Crippen molar-refractivity contribution in [3.63, 3.8) is 0 Å². The largest absolute Gasteiger partial charge is 0.615 e. The Kier molecular flexibility index (Phi) is 5.00. The van der Waals surface area contributed by atoms with E-state index in [4.69, 9.17) is 0 Å². The molecule has 0 radical (unpaired) electrons. The third-order valence-corrected chi connectivity index (χ3v) is 2.24. The minimum atomic E-state index is -0.899. The van der Waals surface area contributed by atoms with Crippen LogP contribution in [0.2, 0.25) is 0 Å². The third-order valence-electron chi connectivity index (χ3n) is 0.929. The van der Waals surface area contributed by atoms with Gasteiger partial charge in [0.1, 0.15) is 0 Å². The molecule has 0 bridgehead atoms. The molecule has 0 aromatic rings. The van der Waals surface area contributed by atoms with E-state index in [2.05, 4.69) is 22.4 Å². The Balaban J connectivity index is 3.82. The molecule has 2 atom stereocenters. The summed E-state index contributed by atoms with van der Waals surface area (Å²) < 4.78 is 10.7. The van der Waals surface area contributed by atoms with Crippen molar-refractivity contribution in [2.75, 3.05) is 6.26 Å². The van der Waals surface area contributed by atoms with Gasteiger partial charge < -0.3 is 4.55 Å². The predicted molar refractivity (Wildman–Crippen MR) is 43.2 cm³/mol. The van der Waals surface area contributed by atoms with E-state index in [0.717, 1.165) is 6.42 Å². The first-order valence-corrected chi connectivity index (χ1v) is 4.64. The highest BCUT2D eigenvalue weighted by Gasteiger charge is 2.11. The highest BCUT2D eigenvalue weighted by Crippen LogP contribution is 2.03. The molecule has 0 rings (SSSR count). The van der Waals surface area contributed by atoms with Gasteiger partial charge in [-0.15, -0.1) is 0 Å². The maximum Gasteiger partial charge on any atom is 0.214 e. The number of hydrogen-bond acceptors (Lipinski definition) is 3. The van der Waals surface area contributed by atoms with E-state index in [1.165, 1.54) is 0 Å². The van der Waals surface area contributed by atoms with Gasteiger partial charge in [-0.1, -0.05) is 6.92 Å². The van der Waals surface area contributed by atoms with Crippen LogP contribution >= 0.6 is 12.2 Å². The third kappa shape index (κ3) is 3.65. The Morgan fingerprint density at radius 2 is 2.44 bits per heavy atom. The lowest BCUT2D eigenvalue weighted by Gasteiger charge is -2.09. The van der Waals surface area contributed by atoms with Crippen LogP contribution in [0.5, 0.6) is 0 Å². The molecular formula is C5H9NOS2. The standard InChI is InChI=1S/C5H9NOS2/c1-3-5(6-4-8)9(2)7/h5H,3H2,1-2H3. The molecule has 2 nitrogen and oxygen atoms in total. The Morgan fingerprint density at radius 3 is 2.56 bits per heavy atom. The fraction of sp³-hybridized carbons (Fsp3) is 0.800. The summed E-state index contributed by atoms with van der Waals surface area (Å²) in [5.74, 6) is 0. The number of thiocarbonyl (C=S) groups is 1. The molecule has 0 aliphatic carbocycles. The molecule has 0 saturated heterocycles. The van der Waals surface area contributed by atoms with Gasteiger partial charge >= 0.3 is 0 Å². The van der Waals surface area contributed by atoms with Gasteiger partial charge in [0, 0.05) is 6.42 Å². The fourth-order valence-corrected chi connectivity index (χ4v) is 1.32. The maximum absolute atomic E-state index is 10.7. The van der Waals surface area contributed by atoms with E-state index in [1.54, 1.807) is 6.26 Å². The second-order valence-electron chi connectivity index (χ2n) is 1.58. The first-order valence-electron chi connectivity index (χ1n) is 2.61. The van der Waals surface area contributed by atoms with Crippen LogP contribution in [0.4, 0.5) is 0 Å². The van der Waals surface area contributed by atoms with Crippen molar-refractivity contribution in [3.05, 3.63) is 0 Å². The maximum atomic E-state index is 10.7. The van der Waals surface area contributed by atoms with Crippen molar-refractivity contribution < 1.29 is 4.55 Å². The second kappa shape index (κ2) is 4.94. The van der Waals surface area contributed by atoms with Crippen LogP contribution in [0.25, 0.3) is 0 Å². The molecule has 0 N–H and O–H groups in total. The molecule has 0 aromatic carbocycles. The molecule has 0 heterocycles. The monoisotopic (exact) mass is 163 g/mol. The van der Waals surface area contributed by atoms with Gasteiger partial charge in [-0.25, -0.2) is 0 Å². The highest BCUT2D eigenvalue weighted by atomic mass is 32.2. The molecular weight excluding hydrogens is 154 g/mol. The average molecular weight is 163 g/mol. The predicted octanol–water partition coefficient (Wildman–Crippen LogP) is 1.20. The van der Waals surface area contributed by atoms with E-state index < -0.39 is 11.2 Å². The molecule has 4 heteroatoms. The number of rotatable bonds is 3. The molecule has 9 heavy (non-hydrogen) atoms. The molecule has 0 fully saturated rings. The minimum Gasteiger partial charge on any atom is -0.615 e. The quantitative estimate of drug-likeness (QED) is 0.356. The van der Waals surface area contributed by atoms with Crippen LogP contribution in [0.15, 0.2) is 4.99 Å². The molecule has 0 amide bonds. The molecule has 2 unspecified atom stereocenters. The zero-order chi connectivity index (χ0) is 7.28. The van der Waals surface area contributed by atoms with Crippen LogP contribution in [0.1, 0.15) is 13.3 Å². The summed E-state index contributed by atoms with van der Waals surface area (Å²) in [5, 5.41) is 2.06. The van der Waals surface area contributed by atoms with Crippen molar-refractivity contribution in [2.45, 2.75) is 18.7 Å². The average Bonchev–Trinajstić information content (AvgIpc) is 1.82. The van der Waals surface area contributed by atoms with E-state index in [9.17, 15) is 4.55 Å². The number of aliphatic imine (C=N–C) groups is 1. The summed E-state index contributed by atoms with van der Waals surface area (Å²) in [7, 11) is 0. The summed E-state index contributed by atoms with van der Waals surface area (Å²) in [4.78, 5) is 3.71. The minimum absolute atomic E-state index is 0.150. The molecule has 52 valence electrons. The van der Waals surface area contributed by atoms with Gasteiger partial charge in [-0.05, 0) is 23.4 Å². The van der Waals surface area contributed by atoms with Crippen LogP contribution in [0.3, 0.4) is 0 Å². The highest BCUT2D eigenvalue weighted by molar-refractivity contribution is 7.91. The molecule has 0 aliphatic heterocycles. The molecule has 0 aliphatic rings. The summed E-state index contributed by atoms with van der Waals surface area (Å²) in [6.07, 6.45) is 2.37. The number of nitrogens with zero attached hydrogens (tertiary/aromatic N) is 1. The van der Waals surface area contributed by atoms with E-state index in [-0.39, 0.29) is 5.37 Å². The van der Waals surface area contributed by atoms with Gasteiger partial charge in [0.25, 0.3) is 0 Å². The summed E-state index contributed by atoms with van der Waals surface area (Å²) in [6, 6.07) is 0. The lowest BCUT2D eigenvalue weighted by molar-refractivity contribution is 0.584. The second-order valence-corrected chi connectivity index (χ2v) is 3.31. The topological polar surface area (TPSA) is 35.4 Å². The van der Waals surface area contributed by atoms with Gasteiger partial charge in [-0.2, -0.15) is 4.99 Å². The van der Waals surface area contributed by atoms with Crippen molar-refractivity contribution >= 4 is 28.6 Å². The Labute approximate surface area is 63.5 Å². The van der Waals surface area contributed by atoms with Crippen molar-refractivity contribution in [3.8, 4) is 0 Å². The first-order chi connectivity index (χ1) is 4.22. The SMILES string of the molecule is CCC(N=C=S)[S+](C)[O-]. The van der Waals surface area contributed by atoms with E-state index >= 15 is 0 Å². The Morgan fingerprint density at radius 1 is 1.89 bits per heavy atom. The fourth-order valence-electron chi connectivity index (χ4n) is 0.459. The van der Waals surface area contributed by atoms with Crippen LogP contribution in [-0.2, 0) is 11.2 Å². The lowest BCUT2D eigenvalue weighted by atomic mass is 10.5. The van der Waals surface area contributed by atoms with Crippen LogP contribution in [-0.4, -0.2) is 21.3 Å². The van der Waals surface area contributed by atoms with Crippen LogP contribution < -0.4 is 0 Å². The van der Waals surface area contributed by atoms with Gasteiger partial charge in [0.05, 0.1) is 11.4 Å². The summed E-state index contributed by atoms with van der Waals surface area (Å²) in [5.41, 5.74) is 0. The smallest absolute Gasteiger partial charge is 0.214 e. The zero-order valence-electron chi connectivity index (χ0n) is 5.46. The Hall–Kier alpha value is 0.110. The lowest BCUT2D eigenvalue weighted by Crippen LogP contribution is -2.15. The number of hydrogen-bond donors (Lipinski definition) is 0. The van der Waals surface area contributed by atoms with Crippen molar-refractivity contribution in [2.24, 2.45) is 4.99 Å². The van der Waals surface area contributed by atoms with E-state index in [0.29, 0.717) is 0 Å². The van der Waals surface area contributed by atoms with Crippen LogP contribution in [0, 0.1) is 0 Å². The van der Waals surface area contributed by atoms with Gasteiger partial charge in [-0.3, -0.25) is 0 Å².